The lowest BCUT2D eigenvalue weighted by Crippen LogP contribution is -2.39. The van der Waals surface area contributed by atoms with Crippen LogP contribution in [0.3, 0.4) is 0 Å². The van der Waals surface area contributed by atoms with Gasteiger partial charge in [-0.05, 0) is 60.7 Å². The van der Waals surface area contributed by atoms with Crippen molar-refractivity contribution in [3.05, 3.63) is 89.7 Å². The summed E-state index contributed by atoms with van der Waals surface area (Å²) in [7, 11) is 0. The van der Waals surface area contributed by atoms with Crippen LogP contribution in [0.1, 0.15) is 37.2 Å². The van der Waals surface area contributed by atoms with Crippen molar-refractivity contribution >= 4 is 22.9 Å². The molecule has 4 heterocycles. The summed E-state index contributed by atoms with van der Waals surface area (Å²) >= 11 is 0. The molecule has 2 aliphatic rings. The first-order chi connectivity index (χ1) is 23.3. The molecule has 10 nitrogen and oxygen atoms in total. The quantitative estimate of drug-likeness (QED) is 0.197. The summed E-state index contributed by atoms with van der Waals surface area (Å²) in [6.45, 7) is 10.7. The number of fused-ring (bicyclic) bond motifs is 1. The Kier molecular flexibility index (Phi) is 9.29. The number of ether oxygens (including phenoxy) is 2. The number of nitrogens with zero attached hydrogens (tertiary/aromatic N) is 7. The highest BCUT2D eigenvalue weighted by Crippen LogP contribution is 2.31. The molecule has 0 radical (unpaired) electrons. The zero-order valence-electron chi connectivity index (χ0n) is 27.3. The van der Waals surface area contributed by atoms with E-state index >= 15 is 0 Å². The first kappa shape index (κ1) is 32.0. The van der Waals surface area contributed by atoms with E-state index in [1.165, 1.54) is 15.7 Å². The van der Waals surface area contributed by atoms with Gasteiger partial charge in [-0.1, -0.05) is 54.6 Å². The second-order valence-corrected chi connectivity index (χ2v) is 12.9. The molecule has 2 aliphatic heterocycles. The van der Waals surface area contributed by atoms with Gasteiger partial charge >= 0.3 is 0 Å². The molecular formula is C36H40F2N8O2. The van der Waals surface area contributed by atoms with Gasteiger partial charge in [-0.25, -0.2) is 13.8 Å². The number of halogens is 2. The third kappa shape index (κ3) is 7.15. The summed E-state index contributed by atoms with van der Waals surface area (Å²) < 4.78 is 41.1. The Morgan fingerprint density at radius 3 is 2.29 bits per heavy atom. The first-order valence-corrected chi connectivity index (χ1v) is 16.4. The first-order valence-electron chi connectivity index (χ1n) is 16.4. The Morgan fingerprint density at radius 2 is 1.50 bits per heavy atom. The molecule has 2 aromatic heterocycles. The van der Waals surface area contributed by atoms with Crippen LogP contribution >= 0.6 is 0 Å². The van der Waals surface area contributed by atoms with Crippen molar-refractivity contribution in [1.29, 1.82) is 0 Å². The summed E-state index contributed by atoms with van der Waals surface area (Å²) in [5.74, 6) is 0.378. The number of morpholine rings is 2. The maximum atomic E-state index is 14.3. The van der Waals surface area contributed by atoms with Gasteiger partial charge in [0.05, 0.1) is 37.5 Å². The molecule has 5 aromatic rings. The number of hydrogen-bond acceptors (Lipinski definition) is 9. The molecule has 0 saturated carbocycles. The molecule has 0 aliphatic carbocycles. The van der Waals surface area contributed by atoms with Gasteiger partial charge in [-0.3, -0.25) is 9.47 Å². The molecule has 7 rings (SSSR count). The van der Waals surface area contributed by atoms with E-state index in [9.17, 15) is 8.78 Å². The SMILES string of the molecule is CC(C)(Cc1ccccc1-c1cccc(CN2CCOCC2)c1)Nc1nc(N2CCOCC2)nc(-n2c(C(F)F)nc3ccccc32)n1. The van der Waals surface area contributed by atoms with Crippen molar-refractivity contribution in [2.24, 2.45) is 0 Å². The molecule has 250 valence electrons. The van der Waals surface area contributed by atoms with Crippen LogP contribution in [-0.2, 0) is 22.4 Å². The Labute approximate surface area is 278 Å². The molecule has 1 N–H and O–H groups in total. The zero-order valence-corrected chi connectivity index (χ0v) is 27.3. The lowest BCUT2D eigenvalue weighted by molar-refractivity contribution is 0.0342. The lowest BCUT2D eigenvalue weighted by Gasteiger charge is -2.30. The maximum absolute atomic E-state index is 14.3. The number of para-hydroxylation sites is 2. The second-order valence-electron chi connectivity index (χ2n) is 12.9. The summed E-state index contributed by atoms with van der Waals surface area (Å²) in [5.41, 5.74) is 5.18. The average Bonchev–Trinajstić information content (AvgIpc) is 3.49. The van der Waals surface area contributed by atoms with Crippen LogP contribution in [0, 0.1) is 0 Å². The van der Waals surface area contributed by atoms with Crippen molar-refractivity contribution in [3.63, 3.8) is 0 Å². The summed E-state index contributed by atoms with van der Waals surface area (Å²) in [4.78, 5) is 22.9. The van der Waals surface area contributed by atoms with Crippen molar-refractivity contribution in [1.82, 2.24) is 29.4 Å². The molecular weight excluding hydrogens is 614 g/mol. The van der Waals surface area contributed by atoms with Gasteiger partial charge in [0.15, 0.2) is 5.82 Å². The highest BCUT2D eigenvalue weighted by molar-refractivity contribution is 5.77. The normalized spacial score (nSPS) is 16.1. The molecule has 0 spiro atoms. The minimum absolute atomic E-state index is 0.0891. The predicted octanol–water partition coefficient (Wildman–Crippen LogP) is 5.92. The van der Waals surface area contributed by atoms with Crippen LogP contribution in [0.2, 0.25) is 0 Å². The van der Waals surface area contributed by atoms with E-state index in [0.717, 1.165) is 44.0 Å². The van der Waals surface area contributed by atoms with Crippen LogP contribution in [0.4, 0.5) is 20.7 Å². The van der Waals surface area contributed by atoms with Gasteiger partial charge < -0.3 is 19.7 Å². The van der Waals surface area contributed by atoms with E-state index < -0.39 is 17.8 Å². The standard InChI is InChI=1S/C36H40F2N8O2/c1-36(2,23-27-9-3-4-11-28(27)26-10-7-8-25(22-26)24-44-14-18-47-19-15-44)43-33-40-34(45-16-20-48-21-17-45)42-35(41-33)46-30-13-6-5-12-29(30)39-32(46)31(37)38/h3-13,22,31H,14-21,23-24H2,1-2H3,(H,40,41,42,43). The van der Waals surface area contributed by atoms with Crippen molar-refractivity contribution < 1.29 is 18.3 Å². The Bertz CT molecular complexity index is 1870. The highest BCUT2D eigenvalue weighted by atomic mass is 19.3. The number of anilines is 2. The third-order valence-corrected chi connectivity index (χ3v) is 8.74. The maximum Gasteiger partial charge on any atom is 0.296 e. The number of nitrogens with one attached hydrogen (secondary N) is 1. The Morgan fingerprint density at radius 1 is 0.792 bits per heavy atom. The molecule has 0 amide bonds. The fourth-order valence-electron chi connectivity index (χ4n) is 6.45. The van der Waals surface area contributed by atoms with Gasteiger partial charge in [-0.2, -0.15) is 15.0 Å². The number of imidazole rings is 1. The van der Waals surface area contributed by atoms with E-state index in [-0.39, 0.29) is 5.95 Å². The van der Waals surface area contributed by atoms with E-state index in [1.54, 1.807) is 24.3 Å². The van der Waals surface area contributed by atoms with Gasteiger partial charge in [0.25, 0.3) is 6.43 Å². The van der Waals surface area contributed by atoms with E-state index in [4.69, 9.17) is 24.4 Å². The predicted molar refractivity (Wildman–Crippen MR) is 182 cm³/mol. The summed E-state index contributed by atoms with van der Waals surface area (Å²) in [6, 6.07) is 24.2. The number of alkyl halides is 2. The number of benzene rings is 3. The van der Waals surface area contributed by atoms with Crippen LogP contribution in [0.25, 0.3) is 28.1 Å². The zero-order chi connectivity index (χ0) is 33.1. The molecule has 12 heteroatoms. The van der Waals surface area contributed by atoms with E-state index in [1.807, 2.05) is 4.90 Å². The van der Waals surface area contributed by atoms with Crippen molar-refractivity contribution in [2.45, 2.75) is 38.8 Å². The monoisotopic (exact) mass is 654 g/mol. The fraction of sp³-hybridized carbons (Fsp3) is 0.389. The molecule has 0 unspecified atom stereocenters. The molecule has 3 aromatic carbocycles. The second kappa shape index (κ2) is 13.9. The number of rotatable bonds is 10. The average molecular weight is 655 g/mol. The van der Waals surface area contributed by atoms with Crippen LogP contribution in [0.5, 0.6) is 0 Å². The minimum Gasteiger partial charge on any atom is -0.379 e. The largest absolute Gasteiger partial charge is 0.379 e. The van der Waals surface area contributed by atoms with Gasteiger partial charge in [-0.15, -0.1) is 0 Å². The summed E-state index contributed by atoms with van der Waals surface area (Å²) in [6.07, 6.45) is -2.17. The number of aromatic nitrogens is 5. The van der Waals surface area contributed by atoms with Crippen LogP contribution in [-0.4, -0.2) is 87.5 Å². The molecule has 0 atom stereocenters. The summed E-state index contributed by atoms with van der Waals surface area (Å²) in [5, 5.41) is 3.53. The third-order valence-electron chi connectivity index (χ3n) is 8.74. The highest BCUT2D eigenvalue weighted by Gasteiger charge is 2.27. The number of hydrogen-bond donors (Lipinski definition) is 1. The fourth-order valence-corrected chi connectivity index (χ4v) is 6.45. The van der Waals surface area contributed by atoms with Gasteiger partial charge in [0.2, 0.25) is 17.8 Å². The van der Waals surface area contributed by atoms with Crippen LogP contribution < -0.4 is 10.2 Å². The molecule has 48 heavy (non-hydrogen) atoms. The molecule has 0 bridgehead atoms. The van der Waals surface area contributed by atoms with Gasteiger partial charge in [0, 0.05) is 38.3 Å². The molecule has 2 saturated heterocycles. The molecule has 2 fully saturated rings. The Hall–Kier alpha value is -4.52. The van der Waals surface area contributed by atoms with Crippen LogP contribution in [0.15, 0.2) is 72.8 Å². The Balaban J connectivity index is 1.20. The van der Waals surface area contributed by atoms with Crippen molar-refractivity contribution in [2.75, 3.05) is 62.8 Å². The smallest absolute Gasteiger partial charge is 0.296 e. The minimum atomic E-state index is -2.82. The topological polar surface area (TPSA) is 93.5 Å². The van der Waals surface area contributed by atoms with Crippen molar-refractivity contribution in [3.8, 4) is 17.1 Å². The lowest BCUT2D eigenvalue weighted by atomic mass is 9.89. The van der Waals surface area contributed by atoms with E-state index in [0.29, 0.717) is 55.7 Å². The van der Waals surface area contributed by atoms with E-state index in [2.05, 4.69) is 77.6 Å². The van der Waals surface area contributed by atoms with Gasteiger partial charge in [0.1, 0.15) is 0 Å².